The van der Waals surface area contributed by atoms with Crippen molar-refractivity contribution in [2.75, 3.05) is 0 Å². The molecule has 0 aliphatic heterocycles. The lowest BCUT2D eigenvalue weighted by atomic mass is 10.0. The van der Waals surface area contributed by atoms with Gasteiger partial charge in [-0.2, -0.15) is 0 Å². The van der Waals surface area contributed by atoms with Crippen molar-refractivity contribution in [3.8, 4) is 33.5 Å². The molecule has 0 fully saturated rings. The smallest absolute Gasteiger partial charge is 0.195 e. The van der Waals surface area contributed by atoms with E-state index in [1.54, 1.807) is 6.20 Å². The van der Waals surface area contributed by atoms with Crippen molar-refractivity contribution in [3.05, 3.63) is 114 Å². The molecule has 5 rings (SSSR count). The van der Waals surface area contributed by atoms with E-state index in [9.17, 15) is 4.79 Å². The summed E-state index contributed by atoms with van der Waals surface area (Å²) in [5.74, 6) is -0.000913. The zero-order valence-electron chi connectivity index (χ0n) is 15.2. The van der Waals surface area contributed by atoms with Gasteiger partial charge in [-0.1, -0.05) is 78.9 Å². The van der Waals surface area contributed by atoms with E-state index in [1.807, 2.05) is 72.8 Å². The summed E-state index contributed by atoms with van der Waals surface area (Å²) < 4.78 is 0. The number of ketones is 1. The minimum Gasteiger partial charge on any atom is -0.289 e. The molecule has 28 heavy (non-hydrogen) atoms. The minimum absolute atomic E-state index is 0.000913. The standard InChI is InChI=1S/C26H17NO/c28-26(24-15-12-19-8-4-2-6-10-22(19)24)20-13-16-25(27-17-20)23-14-11-18-7-3-1-5-9-21(18)23/h1-17H. The van der Waals surface area contributed by atoms with Crippen LogP contribution in [0.1, 0.15) is 15.9 Å². The van der Waals surface area contributed by atoms with Gasteiger partial charge in [0, 0.05) is 22.9 Å². The molecule has 0 N–H and O–H groups in total. The molecule has 0 atom stereocenters. The average Bonchev–Trinajstić information content (AvgIpc) is 3.13. The van der Waals surface area contributed by atoms with Crippen LogP contribution in [-0.4, -0.2) is 10.8 Å². The van der Waals surface area contributed by atoms with E-state index in [-0.39, 0.29) is 5.78 Å². The average molecular weight is 359 g/mol. The van der Waals surface area contributed by atoms with Crippen LogP contribution in [0, 0.1) is 0 Å². The highest BCUT2D eigenvalue weighted by Gasteiger charge is 2.17. The number of fused-ring (bicyclic) bond motifs is 2. The van der Waals surface area contributed by atoms with Crippen LogP contribution in [-0.2, 0) is 0 Å². The summed E-state index contributed by atoms with van der Waals surface area (Å²) in [6.07, 6.45) is 1.68. The van der Waals surface area contributed by atoms with Crippen LogP contribution in [0.25, 0.3) is 33.5 Å². The molecule has 2 nitrogen and oxygen atoms in total. The van der Waals surface area contributed by atoms with Crippen molar-refractivity contribution in [2.45, 2.75) is 0 Å². The highest BCUT2D eigenvalue weighted by molar-refractivity contribution is 6.13. The Morgan fingerprint density at radius 1 is 0.571 bits per heavy atom. The summed E-state index contributed by atoms with van der Waals surface area (Å²) in [7, 11) is 0. The van der Waals surface area contributed by atoms with Crippen LogP contribution in [0.5, 0.6) is 0 Å². The molecule has 1 aromatic heterocycles. The van der Waals surface area contributed by atoms with Crippen LogP contribution in [0.3, 0.4) is 0 Å². The van der Waals surface area contributed by atoms with Crippen molar-refractivity contribution < 1.29 is 4.79 Å². The molecule has 132 valence electrons. The Bertz CT molecular complexity index is 1220. The van der Waals surface area contributed by atoms with Crippen LogP contribution in [0.4, 0.5) is 0 Å². The maximum Gasteiger partial charge on any atom is 0.195 e. The normalized spacial score (nSPS) is 11.0. The Hall–Kier alpha value is -3.78. The highest BCUT2D eigenvalue weighted by atomic mass is 16.1. The summed E-state index contributed by atoms with van der Waals surface area (Å²) in [5, 5.41) is 0. The number of aromatic nitrogens is 1. The maximum atomic E-state index is 13.0. The number of hydrogen-bond acceptors (Lipinski definition) is 2. The predicted molar refractivity (Wildman–Crippen MR) is 113 cm³/mol. The number of carbonyl (C=O) groups excluding carboxylic acids is 1. The van der Waals surface area contributed by atoms with Gasteiger partial charge >= 0.3 is 0 Å². The monoisotopic (exact) mass is 359 g/mol. The van der Waals surface area contributed by atoms with E-state index in [2.05, 4.69) is 29.2 Å². The molecule has 4 aliphatic carbocycles. The SMILES string of the molecule is O=C(c1ccc(-c2ccc3cccccc2-3)nc1)c1ccc2cccccc1-2. The third-order valence-electron chi connectivity index (χ3n) is 5.13. The van der Waals surface area contributed by atoms with E-state index in [1.165, 1.54) is 5.56 Å². The summed E-state index contributed by atoms with van der Waals surface area (Å²) in [6.45, 7) is 0. The largest absolute Gasteiger partial charge is 0.289 e. The summed E-state index contributed by atoms with van der Waals surface area (Å²) in [6, 6.07) is 32.1. The Morgan fingerprint density at radius 3 is 2.00 bits per heavy atom. The van der Waals surface area contributed by atoms with Crippen molar-refractivity contribution in [1.29, 1.82) is 0 Å². The molecular weight excluding hydrogens is 342 g/mol. The predicted octanol–water partition coefficient (Wildman–Crippen LogP) is 6.19. The Kier molecular flexibility index (Phi) is 3.95. The molecule has 0 bridgehead atoms. The lowest BCUT2D eigenvalue weighted by Crippen LogP contribution is -2.01. The second kappa shape index (κ2) is 6.75. The molecule has 0 unspecified atom stereocenters. The third-order valence-corrected chi connectivity index (χ3v) is 5.13. The molecule has 1 heterocycles. The number of nitrogens with zero attached hydrogens (tertiary/aromatic N) is 1. The zero-order valence-corrected chi connectivity index (χ0v) is 15.2. The van der Waals surface area contributed by atoms with Crippen LogP contribution in [0.2, 0.25) is 0 Å². The molecule has 0 amide bonds. The quantitative estimate of drug-likeness (QED) is 0.360. The van der Waals surface area contributed by atoms with Crippen molar-refractivity contribution >= 4 is 5.78 Å². The fourth-order valence-corrected chi connectivity index (χ4v) is 3.69. The van der Waals surface area contributed by atoms with E-state index < -0.39 is 0 Å². The van der Waals surface area contributed by atoms with Crippen LogP contribution in [0.15, 0.2) is 103 Å². The van der Waals surface area contributed by atoms with Crippen LogP contribution < -0.4 is 0 Å². The van der Waals surface area contributed by atoms with Crippen molar-refractivity contribution in [2.24, 2.45) is 0 Å². The van der Waals surface area contributed by atoms with Gasteiger partial charge in [-0.15, -0.1) is 0 Å². The molecule has 2 heteroatoms. The second-order valence-corrected chi connectivity index (χ2v) is 6.81. The van der Waals surface area contributed by atoms with Gasteiger partial charge in [-0.05, 0) is 40.5 Å². The van der Waals surface area contributed by atoms with E-state index >= 15 is 0 Å². The molecule has 4 aliphatic rings. The van der Waals surface area contributed by atoms with Gasteiger partial charge < -0.3 is 0 Å². The molecule has 0 spiro atoms. The number of hydrogen-bond donors (Lipinski definition) is 0. The topological polar surface area (TPSA) is 30.0 Å². The first-order valence-electron chi connectivity index (χ1n) is 9.28. The summed E-state index contributed by atoms with van der Waals surface area (Å²) in [4.78, 5) is 17.6. The van der Waals surface area contributed by atoms with Crippen molar-refractivity contribution in [1.82, 2.24) is 4.98 Å². The minimum atomic E-state index is -0.000913. The van der Waals surface area contributed by atoms with E-state index in [4.69, 9.17) is 0 Å². The molecule has 0 saturated heterocycles. The van der Waals surface area contributed by atoms with Crippen molar-refractivity contribution in [3.63, 3.8) is 0 Å². The first kappa shape index (κ1) is 16.4. The number of pyridine rings is 1. The molecule has 0 saturated carbocycles. The first-order valence-corrected chi connectivity index (χ1v) is 9.28. The lowest BCUT2D eigenvalue weighted by molar-refractivity contribution is 0.103. The molecule has 1 aromatic rings. The fourth-order valence-electron chi connectivity index (χ4n) is 3.69. The Balaban J connectivity index is 1.50. The van der Waals surface area contributed by atoms with E-state index in [0.29, 0.717) is 11.1 Å². The lowest BCUT2D eigenvalue weighted by Gasteiger charge is -2.05. The van der Waals surface area contributed by atoms with Gasteiger partial charge in [0.25, 0.3) is 0 Å². The van der Waals surface area contributed by atoms with Gasteiger partial charge in [0.1, 0.15) is 0 Å². The summed E-state index contributed by atoms with van der Waals surface area (Å²) in [5.41, 5.74) is 7.63. The number of rotatable bonds is 3. The first-order chi connectivity index (χ1) is 13.8. The second-order valence-electron chi connectivity index (χ2n) is 6.81. The molecule has 0 radical (unpaired) electrons. The maximum absolute atomic E-state index is 13.0. The van der Waals surface area contributed by atoms with Gasteiger partial charge in [-0.3, -0.25) is 9.78 Å². The molecular formula is C26H17NO. The van der Waals surface area contributed by atoms with Gasteiger partial charge in [-0.25, -0.2) is 0 Å². The van der Waals surface area contributed by atoms with Gasteiger partial charge in [0.2, 0.25) is 0 Å². The van der Waals surface area contributed by atoms with Gasteiger partial charge in [0.05, 0.1) is 5.69 Å². The zero-order chi connectivity index (χ0) is 18.9. The third kappa shape index (κ3) is 2.76. The van der Waals surface area contributed by atoms with Gasteiger partial charge in [0.15, 0.2) is 5.78 Å². The Morgan fingerprint density at radius 2 is 1.25 bits per heavy atom. The highest BCUT2D eigenvalue weighted by Crippen LogP contribution is 2.34. The van der Waals surface area contributed by atoms with Crippen LogP contribution >= 0.6 is 0 Å². The Labute approximate surface area is 163 Å². The number of carbonyl (C=O) groups is 1. The fraction of sp³-hybridized carbons (Fsp3) is 0. The molecule has 0 aromatic carbocycles. The van der Waals surface area contributed by atoms with E-state index in [0.717, 1.165) is 27.9 Å². The summed E-state index contributed by atoms with van der Waals surface area (Å²) >= 11 is 0.